The lowest BCUT2D eigenvalue weighted by Gasteiger charge is -2.36. The zero-order chi connectivity index (χ0) is 13.0. The number of rotatable bonds is 3. The van der Waals surface area contributed by atoms with E-state index in [1.165, 1.54) is 6.42 Å². The van der Waals surface area contributed by atoms with Crippen LogP contribution in [0.2, 0.25) is 0 Å². The molecule has 18 heavy (non-hydrogen) atoms. The van der Waals surface area contributed by atoms with Crippen molar-refractivity contribution in [1.82, 2.24) is 9.88 Å². The third-order valence-electron chi connectivity index (χ3n) is 3.58. The van der Waals surface area contributed by atoms with Crippen LogP contribution >= 0.6 is 0 Å². The second kappa shape index (κ2) is 5.85. The molecule has 1 atom stereocenters. The number of nitrogens with two attached hydrogens (primary N) is 1. The summed E-state index contributed by atoms with van der Waals surface area (Å²) >= 11 is 0. The highest BCUT2D eigenvalue weighted by Gasteiger charge is 2.27. The van der Waals surface area contributed by atoms with E-state index in [0.29, 0.717) is 17.4 Å². The molecule has 1 aromatic heterocycles. The highest BCUT2D eigenvalue weighted by atomic mass is 16.2. The summed E-state index contributed by atoms with van der Waals surface area (Å²) in [7, 11) is 0. The van der Waals surface area contributed by atoms with E-state index in [2.05, 4.69) is 11.9 Å². The number of likely N-dealkylation sites (tertiary alicyclic amines) is 1. The van der Waals surface area contributed by atoms with E-state index in [9.17, 15) is 4.79 Å². The van der Waals surface area contributed by atoms with Gasteiger partial charge in [0.05, 0.1) is 5.56 Å². The Labute approximate surface area is 108 Å². The van der Waals surface area contributed by atoms with Crippen molar-refractivity contribution in [2.45, 2.75) is 45.1 Å². The summed E-state index contributed by atoms with van der Waals surface area (Å²) in [6, 6.07) is 3.90. The summed E-state index contributed by atoms with van der Waals surface area (Å²) in [6.07, 6.45) is 7.22. The van der Waals surface area contributed by atoms with E-state index in [0.717, 1.165) is 32.2 Å². The summed E-state index contributed by atoms with van der Waals surface area (Å²) < 4.78 is 0. The van der Waals surface area contributed by atoms with Gasteiger partial charge in [-0.2, -0.15) is 0 Å². The molecule has 0 spiro atoms. The highest BCUT2D eigenvalue weighted by Crippen LogP contribution is 2.23. The van der Waals surface area contributed by atoms with Crippen LogP contribution in [0.3, 0.4) is 0 Å². The molecular weight excluding hydrogens is 226 g/mol. The third kappa shape index (κ3) is 2.63. The quantitative estimate of drug-likeness (QED) is 0.892. The topological polar surface area (TPSA) is 59.2 Å². The first-order chi connectivity index (χ1) is 8.74. The first-order valence-electron chi connectivity index (χ1n) is 6.75. The Kier molecular flexibility index (Phi) is 4.18. The molecule has 2 rings (SSSR count). The lowest BCUT2D eigenvalue weighted by atomic mass is 9.97. The first-order valence-corrected chi connectivity index (χ1v) is 6.75. The third-order valence-corrected chi connectivity index (χ3v) is 3.58. The fraction of sp³-hybridized carbons (Fsp3) is 0.571. The minimum absolute atomic E-state index is 0.0405. The van der Waals surface area contributed by atoms with Crippen molar-refractivity contribution in [3.05, 3.63) is 23.9 Å². The predicted molar refractivity (Wildman–Crippen MR) is 72.2 cm³/mol. The van der Waals surface area contributed by atoms with Crippen LogP contribution in [0.15, 0.2) is 18.3 Å². The van der Waals surface area contributed by atoms with E-state index in [4.69, 9.17) is 5.73 Å². The number of amides is 1. The number of carbonyl (C=O) groups excluding carboxylic acids is 1. The van der Waals surface area contributed by atoms with Crippen LogP contribution in [0, 0.1) is 0 Å². The van der Waals surface area contributed by atoms with Crippen LogP contribution in [0.4, 0.5) is 5.82 Å². The van der Waals surface area contributed by atoms with Crippen molar-refractivity contribution in [2.75, 3.05) is 12.3 Å². The van der Waals surface area contributed by atoms with Crippen molar-refractivity contribution >= 4 is 11.7 Å². The van der Waals surface area contributed by atoms with E-state index in [-0.39, 0.29) is 5.91 Å². The molecule has 0 aromatic carbocycles. The van der Waals surface area contributed by atoms with Crippen molar-refractivity contribution in [3.63, 3.8) is 0 Å². The summed E-state index contributed by atoms with van der Waals surface area (Å²) in [5, 5.41) is 0. The lowest BCUT2D eigenvalue weighted by Crippen LogP contribution is -2.43. The normalized spacial score (nSPS) is 19.8. The molecule has 4 heteroatoms. The molecule has 0 saturated carbocycles. The predicted octanol–water partition coefficient (Wildman–Crippen LogP) is 2.46. The SMILES string of the molecule is CCCC1CCCCN1C(=O)c1cccnc1N. The van der Waals surface area contributed by atoms with Crippen molar-refractivity contribution in [1.29, 1.82) is 0 Å². The number of aromatic nitrogens is 1. The van der Waals surface area contributed by atoms with Crippen LogP contribution in [0.5, 0.6) is 0 Å². The van der Waals surface area contributed by atoms with Gasteiger partial charge in [-0.1, -0.05) is 13.3 Å². The number of nitrogen functional groups attached to an aromatic ring is 1. The highest BCUT2D eigenvalue weighted by molar-refractivity contribution is 5.98. The number of hydrogen-bond donors (Lipinski definition) is 1. The molecule has 1 fully saturated rings. The Balaban J connectivity index is 2.18. The fourth-order valence-electron chi connectivity index (χ4n) is 2.65. The molecule has 0 radical (unpaired) electrons. The minimum atomic E-state index is 0.0405. The van der Waals surface area contributed by atoms with Crippen molar-refractivity contribution in [3.8, 4) is 0 Å². The van der Waals surface area contributed by atoms with Gasteiger partial charge in [-0.15, -0.1) is 0 Å². The maximum atomic E-state index is 12.5. The molecule has 1 aromatic rings. The van der Waals surface area contributed by atoms with E-state index in [1.807, 2.05) is 4.90 Å². The van der Waals surface area contributed by atoms with Gasteiger partial charge in [0.1, 0.15) is 5.82 Å². The number of piperidine rings is 1. The van der Waals surface area contributed by atoms with Gasteiger partial charge in [-0.3, -0.25) is 4.79 Å². The van der Waals surface area contributed by atoms with Gasteiger partial charge in [0.2, 0.25) is 0 Å². The number of anilines is 1. The Morgan fingerprint density at radius 3 is 3.11 bits per heavy atom. The van der Waals surface area contributed by atoms with E-state index < -0.39 is 0 Å². The minimum Gasteiger partial charge on any atom is -0.383 e. The van der Waals surface area contributed by atoms with Gasteiger partial charge in [0.25, 0.3) is 5.91 Å². The second-order valence-electron chi connectivity index (χ2n) is 4.87. The lowest BCUT2D eigenvalue weighted by molar-refractivity contribution is 0.0601. The van der Waals surface area contributed by atoms with Gasteiger partial charge >= 0.3 is 0 Å². The average Bonchev–Trinajstić information content (AvgIpc) is 2.40. The van der Waals surface area contributed by atoms with E-state index in [1.54, 1.807) is 18.3 Å². The monoisotopic (exact) mass is 247 g/mol. The summed E-state index contributed by atoms with van der Waals surface area (Å²) in [4.78, 5) is 18.5. The molecule has 1 aliphatic heterocycles. The standard InChI is InChI=1S/C14H21N3O/c1-2-6-11-7-3-4-10-17(11)14(18)12-8-5-9-16-13(12)15/h5,8-9,11H,2-4,6-7,10H2,1H3,(H2,15,16). The maximum Gasteiger partial charge on any atom is 0.257 e. The molecule has 2 heterocycles. The number of nitrogens with zero attached hydrogens (tertiary/aromatic N) is 2. The van der Waals surface area contributed by atoms with Crippen molar-refractivity contribution < 1.29 is 4.79 Å². The molecule has 4 nitrogen and oxygen atoms in total. The summed E-state index contributed by atoms with van der Waals surface area (Å²) in [5.41, 5.74) is 6.33. The number of carbonyl (C=O) groups is 1. The Morgan fingerprint density at radius 2 is 2.39 bits per heavy atom. The van der Waals surface area contributed by atoms with Gasteiger partial charge in [-0.05, 0) is 37.8 Å². The Hall–Kier alpha value is -1.58. The van der Waals surface area contributed by atoms with Crippen molar-refractivity contribution in [2.24, 2.45) is 0 Å². The molecule has 1 amide bonds. The molecule has 1 saturated heterocycles. The number of hydrogen-bond acceptors (Lipinski definition) is 3. The zero-order valence-corrected chi connectivity index (χ0v) is 10.9. The van der Waals surface area contributed by atoms with Crippen LogP contribution in [-0.2, 0) is 0 Å². The average molecular weight is 247 g/mol. The molecule has 2 N–H and O–H groups in total. The molecule has 1 aliphatic rings. The second-order valence-corrected chi connectivity index (χ2v) is 4.87. The number of pyridine rings is 1. The fourth-order valence-corrected chi connectivity index (χ4v) is 2.65. The Bertz CT molecular complexity index is 417. The molecule has 0 bridgehead atoms. The maximum absolute atomic E-state index is 12.5. The van der Waals surface area contributed by atoms with Crippen LogP contribution in [-0.4, -0.2) is 28.4 Å². The summed E-state index contributed by atoms with van der Waals surface area (Å²) in [5.74, 6) is 0.377. The van der Waals surface area contributed by atoms with Gasteiger partial charge < -0.3 is 10.6 Å². The molecule has 1 unspecified atom stereocenters. The smallest absolute Gasteiger partial charge is 0.257 e. The molecule has 98 valence electrons. The van der Waals surface area contributed by atoms with Crippen LogP contribution in [0.1, 0.15) is 49.4 Å². The zero-order valence-electron chi connectivity index (χ0n) is 10.9. The first kappa shape index (κ1) is 12.9. The van der Waals surface area contributed by atoms with E-state index >= 15 is 0 Å². The molecule has 0 aliphatic carbocycles. The Morgan fingerprint density at radius 1 is 1.56 bits per heavy atom. The van der Waals surface area contributed by atoms with Crippen LogP contribution in [0.25, 0.3) is 0 Å². The summed E-state index contributed by atoms with van der Waals surface area (Å²) in [6.45, 7) is 3.01. The van der Waals surface area contributed by atoms with Crippen LogP contribution < -0.4 is 5.73 Å². The van der Waals surface area contributed by atoms with Gasteiger partial charge in [-0.25, -0.2) is 4.98 Å². The van der Waals surface area contributed by atoms with Gasteiger partial charge in [0, 0.05) is 18.8 Å². The van der Waals surface area contributed by atoms with Gasteiger partial charge in [0.15, 0.2) is 0 Å². The molecular formula is C14H21N3O. The largest absolute Gasteiger partial charge is 0.383 e.